The predicted octanol–water partition coefficient (Wildman–Crippen LogP) is 2.14. The Balaban J connectivity index is 2.67. The van der Waals surface area contributed by atoms with Crippen LogP contribution < -0.4 is 11.1 Å². The molecule has 0 bridgehead atoms. The van der Waals surface area contributed by atoms with E-state index in [0.717, 1.165) is 12.1 Å². The van der Waals surface area contributed by atoms with Crippen molar-refractivity contribution in [3.05, 3.63) is 29.8 Å². The van der Waals surface area contributed by atoms with Crippen molar-refractivity contribution in [2.45, 2.75) is 6.18 Å². The lowest BCUT2D eigenvalue weighted by Gasteiger charge is -2.22. The number of hydrogen-bond acceptors (Lipinski definition) is 3. The molecule has 8 heteroatoms. The van der Waals surface area contributed by atoms with E-state index < -0.39 is 17.8 Å². The number of methoxy groups -OCH3 is 1. The zero-order valence-electron chi connectivity index (χ0n) is 11.6. The largest absolute Gasteiger partial charge is 0.416 e. The number of rotatable bonds is 6. The molecule has 0 aliphatic rings. The molecule has 0 aromatic heterocycles. The van der Waals surface area contributed by atoms with Crippen molar-refractivity contribution in [3.63, 3.8) is 0 Å². The Labute approximate surface area is 120 Å². The summed E-state index contributed by atoms with van der Waals surface area (Å²) in [6.45, 7) is 1.31. The lowest BCUT2D eigenvalue weighted by atomic mass is 10.2. The van der Waals surface area contributed by atoms with Crippen LogP contribution >= 0.6 is 0 Å². The molecule has 1 aromatic rings. The predicted molar refractivity (Wildman–Crippen MR) is 73.0 cm³/mol. The van der Waals surface area contributed by atoms with Crippen LogP contribution in [-0.2, 0) is 10.9 Å². The maximum Gasteiger partial charge on any atom is 0.416 e. The summed E-state index contributed by atoms with van der Waals surface area (Å²) in [4.78, 5) is 13.4. The molecule has 0 atom stereocenters. The van der Waals surface area contributed by atoms with Gasteiger partial charge in [0.2, 0.25) is 0 Å². The highest BCUT2D eigenvalue weighted by Gasteiger charge is 2.30. The van der Waals surface area contributed by atoms with E-state index in [0.29, 0.717) is 19.7 Å². The van der Waals surface area contributed by atoms with Crippen LogP contribution in [0.25, 0.3) is 0 Å². The zero-order valence-corrected chi connectivity index (χ0v) is 11.6. The first kappa shape index (κ1) is 17.3. The molecule has 0 heterocycles. The second-order valence-electron chi connectivity index (χ2n) is 4.27. The summed E-state index contributed by atoms with van der Waals surface area (Å²) < 4.78 is 42.2. The number of amides is 2. The van der Waals surface area contributed by atoms with E-state index in [1.54, 1.807) is 0 Å². The number of carbonyl (C=O) groups is 1. The molecule has 0 fully saturated rings. The van der Waals surface area contributed by atoms with Gasteiger partial charge in [0.1, 0.15) is 0 Å². The fraction of sp³-hybridized carbons (Fsp3) is 0.462. The summed E-state index contributed by atoms with van der Waals surface area (Å²) in [5.41, 5.74) is 4.93. The van der Waals surface area contributed by atoms with Crippen molar-refractivity contribution in [1.29, 1.82) is 0 Å². The quantitative estimate of drug-likeness (QED) is 0.846. The molecular weight excluding hydrogens is 287 g/mol. The minimum atomic E-state index is -4.40. The average molecular weight is 305 g/mol. The Hall–Kier alpha value is -1.80. The van der Waals surface area contributed by atoms with Gasteiger partial charge in [-0.15, -0.1) is 0 Å². The molecule has 21 heavy (non-hydrogen) atoms. The normalized spacial score (nSPS) is 11.3. The molecule has 1 rings (SSSR count). The van der Waals surface area contributed by atoms with Crippen molar-refractivity contribution in [1.82, 2.24) is 4.90 Å². The highest BCUT2D eigenvalue weighted by Crippen LogP contribution is 2.29. The third-order valence-electron chi connectivity index (χ3n) is 2.72. The first-order valence-corrected chi connectivity index (χ1v) is 6.30. The van der Waals surface area contributed by atoms with E-state index >= 15 is 0 Å². The minimum absolute atomic E-state index is 0.282. The van der Waals surface area contributed by atoms with Gasteiger partial charge >= 0.3 is 12.2 Å². The molecule has 1 aromatic carbocycles. The highest BCUT2D eigenvalue weighted by atomic mass is 19.4. The van der Waals surface area contributed by atoms with Crippen LogP contribution in [0.4, 0.5) is 23.7 Å². The summed E-state index contributed by atoms with van der Waals surface area (Å²) in [5, 5.41) is 2.52. The summed E-state index contributed by atoms with van der Waals surface area (Å²) >= 11 is 0. The van der Waals surface area contributed by atoms with Crippen LogP contribution in [0.1, 0.15) is 5.56 Å². The van der Waals surface area contributed by atoms with E-state index in [-0.39, 0.29) is 12.2 Å². The van der Waals surface area contributed by atoms with E-state index in [2.05, 4.69) is 5.32 Å². The minimum Gasteiger partial charge on any atom is -0.383 e. The van der Waals surface area contributed by atoms with Gasteiger partial charge in [0.25, 0.3) is 0 Å². The third-order valence-corrected chi connectivity index (χ3v) is 2.72. The van der Waals surface area contributed by atoms with E-state index in [1.807, 2.05) is 0 Å². The molecular formula is C13H18F3N3O2. The standard InChI is InChI=1S/C13H18F3N3O2/c1-21-9-8-19(7-6-17)12(20)18-11-4-2-10(3-5-11)13(14,15)16/h2-5H,6-9,17H2,1H3,(H,18,20). The van der Waals surface area contributed by atoms with Crippen molar-refractivity contribution < 1.29 is 22.7 Å². The number of hydrogen-bond donors (Lipinski definition) is 2. The number of anilines is 1. The first-order valence-electron chi connectivity index (χ1n) is 6.30. The number of halogens is 3. The number of nitrogens with zero attached hydrogens (tertiary/aromatic N) is 1. The molecule has 0 radical (unpaired) electrons. The topological polar surface area (TPSA) is 67.6 Å². The van der Waals surface area contributed by atoms with E-state index in [4.69, 9.17) is 10.5 Å². The smallest absolute Gasteiger partial charge is 0.383 e. The molecule has 0 aliphatic carbocycles. The van der Waals surface area contributed by atoms with Crippen LogP contribution in [0.5, 0.6) is 0 Å². The van der Waals surface area contributed by atoms with Crippen LogP contribution in [0.15, 0.2) is 24.3 Å². The summed E-state index contributed by atoms with van der Waals surface area (Å²) in [7, 11) is 1.51. The molecule has 3 N–H and O–H groups in total. The fourth-order valence-electron chi connectivity index (χ4n) is 1.62. The van der Waals surface area contributed by atoms with Crippen molar-refractivity contribution in [3.8, 4) is 0 Å². The molecule has 118 valence electrons. The Morgan fingerprint density at radius 3 is 2.38 bits per heavy atom. The molecule has 5 nitrogen and oxygen atoms in total. The molecule has 2 amide bonds. The molecule has 0 aliphatic heterocycles. The number of carbonyl (C=O) groups excluding carboxylic acids is 1. The highest BCUT2D eigenvalue weighted by molar-refractivity contribution is 5.89. The molecule has 0 saturated heterocycles. The summed E-state index contributed by atoms with van der Waals surface area (Å²) in [6.07, 6.45) is -4.40. The van der Waals surface area contributed by atoms with Gasteiger partial charge in [-0.25, -0.2) is 4.79 Å². The molecule has 0 saturated carbocycles. The first-order chi connectivity index (χ1) is 9.88. The number of nitrogens with one attached hydrogen (secondary N) is 1. The Morgan fingerprint density at radius 2 is 1.90 bits per heavy atom. The third kappa shape index (κ3) is 5.60. The van der Waals surface area contributed by atoms with Crippen molar-refractivity contribution in [2.24, 2.45) is 5.73 Å². The van der Waals surface area contributed by atoms with E-state index in [1.165, 1.54) is 24.1 Å². The Kier molecular flexibility index (Phi) is 6.44. The van der Waals surface area contributed by atoms with Gasteiger partial charge in [-0.3, -0.25) is 0 Å². The second kappa shape index (κ2) is 7.84. The molecule has 0 unspecified atom stereocenters. The maximum absolute atomic E-state index is 12.4. The van der Waals surface area contributed by atoms with Crippen LogP contribution in [0, 0.1) is 0 Å². The second-order valence-corrected chi connectivity index (χ2v) is 4.27. The maximum atomic E-state index is 12.4. The Bertz CT molecular complexity index is 449. The van der Waals surface area contributed by atoms with E-state index in [9.17, 15) is 18.0 Å². The van der Waals surface area contributed by atoms with Gasteiger partial charge in [0.05, 0.1) is 12.2 Å². The van der Waals surface area contributed by atoms with Crippen molar-refractivity contribution in [2.75, 3.05) is 38.7 Å². The van der Waals surface area contributed by atoms with Crippen LogP contribution in [0.3, 0.4) is 0 Å². The van der Waals surface area contributed by atoms with Crippen molar-refractivity contribution >= 4 is 11.7 Å². The monoisotopic (exact) mass is 305 g/mol. The molecule has 0 spiro atoms. The summed E-state index contributed by atoms with van der Waals surface area (Å²) in [6, 6.07) is 3.81. The SMILES string of the molecule is COCCN(CCN)C(=O)Nc1ccc(C(F)(F)F)cc1. The fourth-order valence-corrected chi connectivity index (χ4v) is 1.62. The summed E-state index contributed by atoms with van der Waals surface area (Å²) in [5.74, 6) is 0. The van der Waals surface area contributed by atoms with Crippen LogP contribution in [0.2, 0.25) is 0 Å². The number of benzene rings is 1. The average Bonchev–Trinajstić information content (AvgIpc) is 2.43. The van der Waals surface area contributed by atoms with Gasteiger partial charge in [-0.05, 0) is 24.3 Å². The number of urea groups is 1. The number of ether oxygens (including phenoxy) is 1. The lowest BCUT2D eigenvalue weighted by molar-refractivity contribution is -0.137. The Morgan fingerprint density at radius 1 is 1.29 bits per heavy atom. The zero-order chi connectivity index (χ0) is 15.9. The van der Waals surface area contributed by atoms with Gasteiger partial charge in [0, 0.05) is 32.4 Å². The van der Waals surface area contributed by atoms with Gasteiger partial charge in [-0.1, -0.05) is 0 Å². The van der Waals surface area contributed by atoms with Gasteiger partial charge < -0.3 is 20.7 Å². The van der Waals surface area contributed by atoms with Gasteiger partial charge in [0.15, 0.2) is 0 Å². The number of alkyl halides is 3. The lowest BCUT2D eigenvalue weighted by Crippen LogP contribution is -2.40. The van der Waals surface area contributed by atoms with Crippen LogP contribution in [-0.4, -0.2) is 44.3 Å². The number of nitrogens with two attached hydrogens (primary N) is 1. The van der Waals surface area contributed by atoms with Gasteiger partial charge in [-0.2, -0.15) is 13.2 Å².